The second-order valence-electron chi connectivity index (χ2n) is 2.85. The van der Waals surface area contributed by atoms with Gasteiger partial charge in [0.1, 0.15) is 12.2 Å². The van der Waals surface area contributed by atoms with Crippen LogP contribution < -0.4 is 10.5 Å². The van der Waals surface area contributed by atoms with Crippen molar-refractivity contribution in [3.63, 3.8) is 0 Å². The Morgan fingerprint density at radius 3 is 2.50 bits per heavy atom. The van der Waals surface area contributed by atoms with Crippen LogP contribution in [0.5, 0.6) is 5.75 Å². The van der Waals surface area contributed by atoms with Crippen molar-refractivity contribution in [1.82, 2.24) is 0 Å². The highest BCUT2D eigenvalue weighted by Crippen LogP contribution is 2.23. The van der Waals surface area contributed by atoms with Crippen molar-refractivity contribution in [1.29, 1.82) is 0 Å². The van der Waals surface area contributed by atoms with Crippen LogP contribution >= 0.6 is 0 Å². The summed E-state index contributed by atoms with van der Waals surface area (Å²) in [5, 5.41) is 8.24. The standard InChI is InChI=1S/C9H7F2NO4/c10-4-2-7(5(11)1-6(4)12)16-9(15)3-8(13)14/h1-2H,3,12H2,(H,13,14). The van der Waals surface area contributed by atoms with E-state index in [4.69, 9.17) is 10.8 Å². The average molecular weight is 231 g/mol. The predicted octanol–water partition coefficient (Wildman–Crippen LogP) is 0.927. The molecule has 0 saturated heterocycles. The molecule has 5 nitrogen and oxygen atoms in total. The Balaban J connectivity index is 2.85. The molecule has 1 aromatic carbocycles. The Bertz CT molecular complexity index is 447. The molecule has 0 unspecified atom stereocenters. The lowest BCUT2D eigenvalue weighted by Crippen LogP contribution is -2.14. The highest BCUT2D eigenvalue weighted by atomic mass is 19.1. The van der Waals surface area contributed by atoms with Crippen LogP contribution in [0.15, 0.2) is 12.1 Å². The van der Waals surface area contributed by atoms with Gasteiger partial charge in [-0.05, 0) is 0 Å². The fraction of sp³-hybridized carbons (Fsp3) is 0.111. The van der Waals surface area contributed by atoms with Crippen LogP contribution in [0.4, 0.5) is 14.5 Å². The molecule has 0 spiro atoms. The van der Waals surface area contributed by atoms with E-state index in [-0.39, 0.29) is 0 Å². The Morgan fingerprint density at radius 1 is 1.31 bits per heavy atom. The summed E-state index contributed by atoms with van der Waals surface area (Å²) in [6, 6.07) is 1.21. The molecular formula is C9H7F2NO4. The summed E-state index contributed by atoms with van der Waals surface area (Å²) < 4.78 is 30.2. The summed E-state index contributed by atoms with van der Waals surface area (Å²) >= 11 is 0. The van der Waals surface area contributed by atoms with Gasteiger partial charge >= 0.3 is 11.9 Å². The first-order chi connectivity index (χ1) is 7.40. The van der Waals surface area contributed by atoms with Crippen molar-refractivity contribution < 1.29 is 28.2 Å². The number of nitrogens with two attached hydrogens (primary N) is 1. The van der Waals surface area contributed by atoms with Gasteiger partial charge in [-0.25, -0.2) is 8.78 Å². The SMILES string of the molecule is Nc1cc(F)c(OC(=O)CC(=O)O)cc1F. The summed E-state index contributed by atoms with van der Waals surface area (Å²) in [4.78, 5) is 21.0. The third-order valence-electron chi connectivity index (χ3n) is 1.57. The van der Waals surface area contributed by atoms with E-state index < -0.39 is 41.4 Å². The van der Waals surface area contributed by atoms with Crippen LogP contribution in [0.2, 0.25) is 0 Å². The number of hydrogen-bond acceptors (Lipinski definition) is 4. The molecule has 0 heterocycles. The van der Waals surface area contributed by atoms with E-state index in [1.165, 1.54) is 0 Å². The van der Waals surface area contributed by atoms with Crippen molar-refractivity contribution in [3.8, 4) is 5.75 Å². The number of aliphatic carboxylic acids is 1. The summed E-state index contributed by atoms with van der Waals surface area (Å²) in [5.41, 5.74) is 4.62. The Kier molecular flexibility index (Phi) is 3.39. The maximum Gasteiger partial charge on any atom is 0.322 e. The molecule has 0 bridgehead atoms. The normalized spacial score (nSPS) is 9.88. The highest BCUT2D eigenvalue weighted by molar-refractivity contribution is 5.91. The van der Waals surface area contributed by atoms with Gasteiger partial charge in [-0.3, -0.25) is 9.59 Å². The molecule has 0 radical (unpaired) electrons. The van der Waals surface area contributed by atoms with Gasteiger partial charge in [-0.15, -0.1) is 0 Å². The van der Waals surface area contributed by atoms with Gasteiger partial charge in [0.15, 0.2) is 11.6 Å². The number of anilines is 1. The third-order valence-corrected chi connectivity index (χ3v) is 1.57. The number of benzene rings is 1. The van der Waals surface area contributed by atoms with E-state index in [0.717, 1.165) is 0 Å². The van der Waals surface area contributed by atoms with Crippen molar-refractivity contribution in [2.75, 3.05) is 5.73 Å². The highest BCUT2D eigenvalue weighted by Gasteiger charge is 2.15. The van der Waals surface area contributed by atoms with Gasteiger partial charge in [-0.2, -0.15) is 0 Å². The first-order valence-corrected chi connectivity index (χ1v) is 4.07. The fourth-order valence-corrected chi connectivity index (χ4v) is 0.904. The number of carboxylic acids is 1. The zero-order chi connectivity index (χ0) is 12.3. The van der Waals surface area contributed by atoms with Crippen molar-refractivity contribution in [2.24, 2.45) is 0 Å². The van der Waals surface area contributed by atoms with E-state index in [0.29, 0.717) is 12.1 Å². The van der Waals surface area contributed by atoms with Crippen LogP contribution in [-0.4, -0.2) is 17.0 Å². The fourth-order valence-electron chi connectivity index (χ4n) is 0.904. The number of rotatable bonds is 3. The largest absolute Gasteiger partial charge is 0.481 e. The van der Waals surface area contributed by atoms with E-state index in [1.807, 2.05) is 0 Å². The Morgan fingerprint density at radius 2 is 1.94 bits per heavy atom. The lowest BCUT2D eigenvalue weighted by molar-refractivity contribution is -0.145. The second-order valence-corrected chi connectivity index (χ2v) is 2.85. The molecule has 86 valence electrons. The Hall–Kier alpha value is -2.18. The predicted molar refractivity (Wildman–Crippen MR) is 48.7 cm³/mol. The molecule has 0 saturated carbocycles. The van der Waals surface area contributed by atoms with Crippen molar-refractivity contribution >= 4 is 17.6 Å². The van der Waals surface area contributed by atoms with Gasteiger partial charge in [0.2, 0.25) is 0 Å². The zero-order valence-electron chi connectivity index (χ0n) is 7.87. The second kappa shape index (κ2) is 4.56. The van der Waals surface area contributed by atoms with Crippen LogP contribution in [0.3, 0.4) is 0 Å². The van der Waals surface area contributed by atoms with Gasteiger partial charge in [0.05, 0.1) is 5.69 Å². The van der Waals surface area contributed by atoms with Crippen LogP contribution in [0, 0.1) is 11.6 Å². The summed E-state index contributed by atoms with van der Waals surface area (Å²) in [5.74, 6) is -5.33. The van der Waals surface area contributed by atoms with E-state index in [1.54, 1.807) is 0 Å². The monoisotopic (exact) mass is 231 g/mol. The van der Waals surface area contributed by atoms with E-state index in [9.17, 15) is 18.4 Å². The number of carboxylic acid groups (broad SMARTS) is 1. The number of hydrogen-bond donors (Lipinski definition) is 2. The number of nitrogen functional groups attached to an aromatic ring is 1. The minimum absolute atomic E-state index is 0.435. The molecule has 0 aromatic heterocycles. The van der Waals surface area contributed by atoms with E-state index in [2.05, 4.69) is 4.74 Å². The number of esters is 1. The number of carbonyl (C=O) groups is 2. The van der Waals surface area contributed by atoms with Crippen LogP contribution in [-0.2, 0) is 9.59 Å². The molecule has 0 atom stereocenters. The lowest BCUT2D eigenvalue weighted by atomic mass is 10.3. The summed E-state index contributed by atoms with van der Waals surface area (Å²) in [6.07, 6.45) is -0.939. The topological polar surface area (TPSA) is 89.6 Å². The maximum atomic E-state index is 13.1. The average Bonchev–Trinajstić information content (AvgIpc) is 2.12. The third kappa shape index (κ3) is 2.91. The minimum Gasteiger partial charge on any atom is -0.481 e. The van der Waals surface area contributed by atoms with Gasteiger partial charge in [0, 0.05) is 12.1 Å². The molecular weight excluding hydrogens is 224 g/mol. The zero-order valence-corrected chi connectivity index (χ0v) is 7.87. The first-order valence-electron chi connectivity index (χ1n) is 4.07. The van der Waals surface area contributed by atoms with Crippen molar-refractivity contribution in [3.05, 3.63) is 23.8 Å². The first kappa shape index (κ1) is 11.9. The van der Waals surface area contributed by atoms with Crippen LogP contribution in [0.25, 0.3) is 0 Å². The van der Waals surface area contributed by atoms with Gasteiger partial charge in [-0.1, -0.05) is 0 Å². The molecule has 0 fully saturated rings. The Labute approximate surface area is 88.4 Å². The smallest absolute Gasteiger partial charge is 0.322 e. The number of halogens is 2. The maximum absolute atomic E-state index is 13.1. The quantitative estimate of drug-likeness (QED) is 0.349. The molecule has 0 aliphatic rings. The molecule has 0 aliphatic carbocycles. The molecule has 3 N–H and O–H groups in total. The van der Waals surface area contributed by atoms with Crippen LogP contribution in [0.1, 0.15) is 6.42 Å². The number of carbonyl (C=O) groups excluding carboxylic acids is 1. The summed E-state index contributed by atoms with van der Waals surface area (Å²) in [6.45, 7) is 0. The molecule has 1 aromatic rings. The van der Waals surface area contributed by atoms with E-state index >= 15 is 0 Å². The molecule has 16 heavy (non-hydrogen) atoms. The minimum atomic E-state index is -1.43. The number of ether oxygens (including phenoxy) is 1. The molecule has 1 rings (SSSR count). The summed E-state index contributed by atoms with van der Waals surface area (Å²) in [7, 11) is 0. The lowest BCUT2D eigenvalue weighted by Gasteiger charge is -2.05. The molecule has 7 heteroatoms. The van der Waals surface area contributed by atoms with Gasteiger partial charge < -0.3 is 15.6 Å². The molecule has 0 aliphatic heterocycles. The molecule has 0 amide bonds. The van der Waals surface area contributed by atoms with Crippen molar-refractivity contribution in [2.45, 2.75) is 6.42 Å². The van der Waals surface area contributed by atoms with Gasteiger partial charge in [0.25, 0.3) is 0 Å².